The van der Waals surface area contributed by atoms with Crippen molar-refractivity contribution in [3.05, 3.63) is 41.2 Å². The van der Waals surface area contributed by atoms with Crippen molar-refractivity contribution in [3.8, 4) is 0 Å². The number of hydrogen-bond acceptors (Lipinski definition) is 7. The van der Waals surface area contributed by atoms with Crippen molar-refractivity contribution in [2.75, 3.05) is 6.61 Å². The van der Waals surface area contributed by atoms with Crippen LogP contribution >= 0.6 is 7.82 Å². The van der Waals surface area contributed by atoms with Crippen LogP contribution in [0.15, 0.2) is 29.9 Å². The monoisotopic (exact) mass is 398 g/mol. The van der Waals surface area contributed by atoms with Crippen LogP contribution in [0.2, 0.25) is 0 Å². The average Bonchev–Trinajstić information content (AvgIpc) is 3.13. The van der Waals surface area contributed by atoms with E-state index in [0.29, 0.717) is 0 Å². The van der Waals surface area contributed by atoms with Gasteiger partial charge < -0.3 is 29.6 Å². The first kappa shape index (κ1) is 19.6. The number of phosphoric ester groups is 1. The van der Waals surface area contributed by atoms with Crippen LogP contribution in [-0.2, 0) is 9.09 Å². The number of aromatic amines is 1. The van der Waals surface area contributed by atoms with E-state index < -0.39 is 44.2 Å². The molecule has 2 aromatic rings. The summed E-state index contributed by atoms with van der Waals surface area (Å²) in [6.07, 6.45) is 3.63. The molecule has 1 fully saturated rings. The van der Waals surface area contributed by atoms with E-state index in [1.54, 1.807) is 12.2 Å². The van der Waals surface area contributed by atoms with E-state index in [9.17, 15) is 19.6 Å². The van der Waals surface area contributed by atoms with Gasteiger partial charge in [-0.05, 0) is 12.5 Å². The molecule has 0 aliphatic heterocycles. The molecule has 0 unspecified atom stereocenters. The van der Waals surface area contributed by atoms with Crippen molar-refractivity contribution in [3.63, 3.8) is 0 Å². The van der Waals surface area contributed by atoms with Gasteiger partial charge in [0.1, 0.15) is 11.9 Å². The first-order valence-corrected chi connectivity index (χ1v) is 9.56. The summed E-state index contributed by atoms with van der Waals surface area (Å²) in [7, 11) is -4.69. The van der Waals surface area contributed by atoms with Crippen LogP contribution in [0.3, 0.4) is 0 Å². The smallest absolute Gasteiger partial charge is 0.390 e. The second kappa shape index (κ2) is 7.47. The molecule has 146 valence electrons. The normalized spacial score (nSPS) is 26.2. The van der Waals surface area contributed by atoms with Crippen molar-refractivity contribution in [1.82, 2.24) is 19.5 Å². The van der Waals surface area contributed by atoms with Gasteiger partial charge in [0, 0.05) is 5.92 Å². The lowest BCUT2D eigenvalue weighted by Crippen LogP contribution is -2.30. The van der Waals surface area contributed by atoms with Gasteiger partial charge in [-0.3, -0.25) is 9.32 Å². The van der Waals surface area contributed by atoms with Crippen molar-refractivity contribution >= 4 is 25.1 Å². The fourth-order valence-corrected chi connectivity index (χ4v) is 3.54. The molecule has 0 radical (unpaired) electrons. The number of fused-ring (bicyclic) bond motifs is 1. The summed E-state index contributed by atoms with van der Waals surface area (Å²) in [5.41, 5.74) is -0.172. The molecular formula is C15H19N4O7P. The van der Waals surface area contributed by atoms with Gasteiger partial charge in [0.25, 0.3) is 5.56 Å². The summed E-state index contributed by atoms with van der Waals surface area (Å²) in [6.45, 7) is 3.12. The molecule has 1 aliphatic rings. The van der Waals surface area contributed by atoms with E-state index in [-0.39, 0.29) is 23.4 Å². The summed E-state index contributed by atoms with van der Waals surface area (Å²) in [5, 5.41) is 20.6. The van der Waals surface area contributed by atoms with Gasteiger partial charge in [-0.25, -0.2) is 14.5 Å². The van der Waals surface area contributed by atoms with E-state index in [2.05, 4.69) is 26.1 Å². The molecule has 1 aliphatic carbocycles. The molecule has 2 heterocycles. The molecule has 0 saturated heterocycles. The van der Waals surface area contributed by atoms with Crippen LogP contribution in [0, 0.1) is 5.92 Å². The molecule has 11 nitrogen and oxygen atoms in total. The third kappa shape index (κ3) is 4.08. The fraction of sp³-hybridized carbons (Fsp3) is 0.400. The van der Waals surface area contributed by atoms with Crippen LogP contribution < -0.4 is 5.56 Å². The van der Waals surface area contributed by atoms with Gasteiger partial charge in [0.15, 0.2) is 11.2 Å². The highest BCUT2D eigenvalue weighted by Crippen LogP contribution is 2.41. The molecule has 5 N–H and O–H groups in total. The summed E-state index contributed by atoms with van der Waals surface area (Å²) in [4.78, 5) is 40.7. The molecule has 0 bridgehead atoms. The Kier molecular flexibility index (Phi) is 5.43. The Balaban J connectivity index is 1.93. The van der Waals surface area contributed by atoms with Crippen molar-refractivity contribution in [2.24, 2.45) is 5.92 Å². The minimum absolute atomic E-state index is 0.0716. The number of allylic oxidation sites excluding steroid dienone is 2. The number of rotatable bonds is 6. The van der Waals surface area contributed by atoms with Gasteiger partial charge in [-0.1, -0.05) is 18.7 Å². The molecule has 0 amide bonds. The second-order valence-corrected chi connectivity index (χ2v) is 7.44. The topological polar surface area (TPSA) is 171 Å². The molecule has 4 atom stereocenters. The number of imidazole rings is 1. The Labute approximate surface area is 152 Å². The Hall–Kier alpha value is -2.14. The highest BCUT2D eigenvalue weighted by molar-refractivity contribution is 7.46. The number of hydrogen-bond donors (Lipinski definition) is 5. The minimum atomic E-state index is -4.69. The third-order valence-corrected chi connectivity index (χ3v) is 4.91. The average molecular weight is 398 g/mol. The zero-order valence-corrected chi connectivity index (χ0v) is 14.9. The minimum Gasteiger partial charge on any atom is -0.390 e. The van der Waals surface area contributed by atoms with Crippen LogP contribution in [0.25, 0.3) is 17.2 Å². The number of aromatic nitrogens is 4. The number of aliphatic hydroxyl groups excluding tert-OH is 2. The molecule has 3 rings (SSSR count). The summed E-state index contributed by atoms with van der Waals surface area (Å²) in [5.74, 6) is -0.444. The summed E-state index contributed by atoms with van der Waals surface area (Å²) < 4.78 is 16.8. The van der Waals surface area contributed by atoms with E-state index >= 15 is 0 Å². The van der Waals surface area contributed by atoms with Crippen LogP contribution in [0.1, 0.15) is 18.3 Å². The number of H-pyrrole nitrogens is 1. The first-order chi connectivity index (χ1) is 12.7. The Morgan fingerprint density at radius 2 is 2.15 bits per heavy atom. The third-order valence-electron chi connectivity index (χ3n) is 4.43. The Bertz CT molecular complexity index is 978. The van der Waals surface area contributed by atoms with Gasteiger partial charge in [0.2, 0.25) is 0 Å². The Morgan fingerprint density at radius 3 is 2.81 bits per heavy atom. The lowest BCUT2D eigenvalue weighted by molar-refractivity contribution is -0.00374. The highest BCUT2D eigenvalue weighted by Gasteiger charge is 2.43. The van der Waals surface area contributed by atoms with E-state index in [1.807, 2.05) is 0 Å². The maximum atomic E-state index is 12.2. The van der Waals surface area contributed by atoms with E-state index in [1.165, 1.54) is 17.0 Å². The van der Waals surface area contributed by atoms with E-state index in [0.717, 1.165) is 0 Å². The quantitative estimate of drug-likeness (QED) is 0.324. The zero-order chi connectivity index (χ0) is 19.8. The predicted octanol–water partition coefficient (Wildman–Crippen LogP) is -0.289. The van der Waals surface area contributed by atoms with Crippen LogP contribution in [0.4, 0.5) is 0 Å². The largest absolute Gasteiger partial charge is 0.469 e. The lowest BCUT2D eigenvalue weighted by atomic mass is 10.1. The second-order valence-electron chi connectivity index (χ2n) is 6.20. The fourth-order valence-electron chi connectivity index (χ4n) is 3.16. The molecule has 1 saturated carbocycles. The van der Waals surface area contributed by atoms with Gasteiger partial charge in [-0.2, -0.15) is 0 Å². The molecule has 27 heavy (non-hydrogen) atoms. The van der Waals surface area contributed by atoms with Crippen molar-refractivity contribution < 1.29 is 29.1 Å². The first-order valence-electron chi connectivity index (χ1n) is 8.03. The van der Waals surface area contributed by atoms with Gasteiger partial charge in [0.05, 0.1) is 25.1 Å². The van der Waals surface area contributed by atoms with E-state index in [4.69, 9.17) is 9.79 Å². The lowest BCUT2D eigenvalue weighted by Gasteiger charge is -2.18. The molecular weight excluding hydrogens is 379 g/mol. The standard InChI is InChI=1S/C15H19N4O7P/c1-2-3-4-10-17-14-11(15(22)18-10)16-7-19(14)9-5-8(12(20)13(9)21)6-26-27(23,24)25/h2-4,7-9,12-13,20-21H,1,5-6H2,(H,17,18,22)(H2,23,24,25)/b4-3+/t8-,9-,12-,13+/m1/s1. The molecule has 2 aromatic heterocycles. The molecule has 0 aromatic carbocycles. The summed E-state index contributed by atoms with van der Waals surface area (Å²) in [6, 6.07) is -0.694. The number of phosphoric acid groups is 1. The number of nitrogens with zero attached hydrogens (tertiary/aromatic N) is 3. The van der Waals surface area contributed by atoms with Crippen molar-refractivity contribution in [2.45, 2.75) is 24.7 Å². The zero-order valence-electron chi connectivity index (χ0n) is 14.0. The SMILES string of the molecule is C=C/C=C/c1nc2c(ncn2[C@@H]2C[C@H](COP(=O)(O)O)[C@@H](O)[C@H]2O)c(=O)[nH]1. The van der Waals surface area contributed by atoms with Gasteiger partial charge >= 0.3 is 7.82 Å². The van der Waals surface area contributed by atoms with Gasteiger partial charge in [-0.15, -0.1) is 0 Å². The molecule has 0 spiro atoms. The van der Waals surface area contributed by atoms with Crippen LogP contribution in [-0.4, -0.2) is 58.3 Å². The molecule has 12 heteroatoms. The predicted molar refractivity (Wildman–Crippen MR) is 94.5 cm³/mol. The van der Waals surface area contributed by atoms with Crippen LogP contribution in [0.5, 0.6) is 0 Å². The number of aliphatic hydroxyl groups is 2. The summed E-state index contributed by atoms with van der Waals surface area (Å²) >= 11 is 0. The maximum absolute atomic E-state index is 12.2. The Morgan fingerprint density at radius 1 is 1.41 bits per heavy atom. The number of nitrogens with one attached hydrogen (secondary N) is 1. The maximum Gasteiger partial charge on any atom is 0.469 e. The highest BCUT2D eigenvalue weighted by atomic mass is 31.2. The van der Waals surface area contributed by atoms with Crippen molar-refractivity contribution in [1.29, 1.82) is 0 Å².